The molecule has 1 heterocycles. The van der Waals surface area contributed by atoms with Gasteiger partial charge in [-0.25, -0.2) is 4.98 Å². The highest BCUT2D eigenvalue weighted by molar-refractivity contribution is 6.45. The lowest BCUT2D eigenvalue weighted by atomic mass is 9.84. The third-order valence-electron chi connectivity index (χ3n) is 5.26. The van der Waals surface area contributed by atoms with E-state index in [0.717, 1.165) is 58.3 Å². The summed E-state index contributed by atoms with van der Waals surface area (Å²) in [5.74, 6) is 0.856. The second kappa shape index (κ2) is 8.01. The zero-order valence-electron chi connectivity index (χ0n) is 16.4. The van der Waals surface area contributed by atoms with Gasteiger partial charge in [-0.1, -0.05) is 84.4 Å². The Morgan fingerprint density at radius 3 is 2.33 bits per heavy atom. The fourth-order valence-electron chi connectivity index (χ4n) is 3.86. The van der Waals surface area contributed by atoms with Crippen LogP contribution in [0.5, 0.6) is 0 Å². The van der Waals surface area contributed by atoms with E-state index in [1.807, 2.05) is 48.5 Å². The molecule has 1 radical (unpaired) electrons. The highest BCUT2D eigenvalue weighted by Crippen LogP contribution is 2.25. The molecule has 3 aromatic carbocycles. The third-order valence-corrected chi connectivity index (χ3v) is 5.26. The number of benzene rings is 3. The van der Waals surface area contributed by atoms with Crippen molar-refractivity contribution in [2.45, 2.75) is 6.42 Å². The van der Waals surface area contributed by atoms with Gasteiger partial charge in [0.05, 0.1) is 10.7 Å². The number of para-hydroxylation sites is 1. The maximum absolute atomic E-state index is 9.79. The Bertz CT molecular complexity index is 1340. The van der Waals surface area contributed by atoms with Crippen LogP contribution in [0.1, 0.15) is 6.42 Å². The molecule has 0 atom stereocenters. The van der Waals surface area contributed by atoms with Gasteiger partial charge in [-0.05, 0) is 41.8 Å². The van der Waals surface area contributed by atoms with Crippen LogP contribution in [0, 0.1) is 0 Å². The maximum Gasteiger partial charge on any atom is 0.326 e. The summed E-state index contributed by atoms with van der Waals surface area (Å²) in [4.78, 5) is 5.01. The summed E-state index contributed by atoms with van der Waals surface area (Å²) in [5.41, 5.74) is 4.90. The minimum absolute atomic E-state index is 0.747. The van der Waals surface area contributed by atoms with Crippen molar-refractivity contribution in [3.8, 4) is 28.2 Å². The Balaban J connectivity index is 1.80. The smallest absolute Gasteiger partial charge is 0.326 e. The Kier molecular flexibility index (Phi) is 4.92. The van der Waals surface area contributed by atoms with E-state index in [9.17, 15) is 5.02 Å². The van der Waals surface area contributed by atoms with Crippen LogP contribution in [0.25, 0.3) is 40.4 Å². The number of rotatable bonds is 4. The van der Waals surface area contributed by atoms with Crippen molar-refractivity contribution in [2.24, 2.45) is 0 Å². The monoisotopic (exact) mass is 387 g/mol. The van der Waals surface area contributed by atoms with Crippen LogP contribution in [-0.4, -0.2) is 22.1 Å². The fourth-order valence-corrected chi connectivity index (χ4v) is 3.86. The number of allylic oxidation sites excluding steroid dienone is 2. The van der Waals surface area contributed by atoms with E-state index in [4.69, 9.17) is 4.98 Å². The normalized spacial score (nSPS) is 12.4. The summed E-state index contributed by atoms with van der Waals surface area (Å²) < 4.78 is 2.19. The van der Waals surface area contributed by atoms with Crippen LogP contribution in [0.3, 0.4) is 0 Å². The molecule has 4 aromatic rings. The van der Waals surface area contributed by atoms with Crippen molar-refractivity contribution < 1.29 is 5.02 Å². The number of hydrogen-bond donors (Lipinski definition) is 1. The number of imidazole rings is 1. The molecule has 1 aliphatic carbocycles. The zero-order chi connectivity index (χ0) is 20.3. The first kappa shape index (κ1) is 18.4. The molecular weight excluding hydrogens is 367 g/mol. The molecule has 0 bridgehead atoms. The van der Waals surface area contributed by atoms with Crippen LogP contribution >= 0.6 is 0 Å². The molecule has 5 rings (SSSR count). The minimum Gasteiger partial charge on any atom is -0.450 e. The van der Waals surface area contributed by atoms with E-state index in [1.165, 1.54) is 0 Å². The lowest BCUT2D eigenvalue weighted by Crippen LogP contribution is -2.28. The van der Waals surface area contributed by atoms with E-state index in [-0.39, 0.29) is 0 Å². The summed E-state index contributed by atoms with van der Waals surface area (Å²) in [6, 6.07) is 26.6. The van der Waals surface area contributed by atoms with Crippen LogP contribution < -0.4 is 16.2 Å². The molecule has 0 fully saturated rings. The Labute approximate surface area is 176 Å². The summed E-state index contributed by atoms with van der Waals surface area (Å²) in [5, 5.41) is 11.8. The predicted molar refractivity (Wildman–Crippen MR) is 124 cm³/mol. The molecule has 0 spiro atoms. The van der Waals surface area contributed by atoms with Crippen molar-refractivity contribution >= 4 is 25.1 Å². The van der Waals surface area contributed by atoms with Crippen LogP contribution in [-0.2, 0) is 0 Å². The number of nitrogens with zero attached hydrogens (tertiary/aromatic N) is 2. The lowest BCUT2D eigenvalue weighted by Gasteiger charge is -2.12. The molecule has 3 nitrogen and oxygen atoms in total. The third kappa shape index (κ3) is 3.42. The molecule has 1 aliphatic rings. The number of hydrogen-bond acceptors (Lipinski definition) is 2. The molecule has 0 aliphatic heterocycles. The quantitative estimate of drug-likeness (QED) is 0.547. The van der Waals surface area contributed by atoms with E-state index in [0.29, 0.717) is 0 Å². The van der Waals surface area contributed by atoms with E-state index in [2.05, 4.69) is 59.2 Å². The van der Waals surface area contributed by atoms with Gasteiger partial charge in [0.2, 0.25) is 0 Å². The van der Waals surface area contributed by atoms with Gasteiger partial charge >= 0.3 is 7.48 Å². The van der Waals surface area contributed by atoms with Crippen LogP contribution in [0.15, 0.2) is 91.0 Å². The van der Waals surface area contributed by atoms with Crippen molar-refractivity contribution in [1.82, 2.24) is 9.55 Å². The van der Waals surface area contributed by atoms with Gasteiger partial charge in [-0.3, -0.25) is 4.57 Å². The SMILES string of the molecule is O[B]c1cc(-c2ccccc2)cc(-c2nc3c(n2-c2ccccc2)=CC=CCC=3)c1. The Hall–Kier alpha value is -3.63. The summed E-state index contributed by atoms with van der Waals surface area (Å²) in [6.45, 7) is 0. The highest BCUT2D eigenvalue weighted by Gasteiger charge is 2.15. The van der Waals surface area contributed by atoms with Crippen LogP contribution in [0.4, 0.5) is 0 Å². The number of aromatic nitrogens is 2. The molecular formula is C26H20BN2O. The van der Waals surface area contributed by atoms with Gasteiger partial charge in [0.25, 0.3) is 0 Å². The molecule has 30 heavy (non-hydrogen) atoms. The largest absolute Gasteiger partial charge is 0.450 e. The molecule has 143 valence electrons. The first-order chi connectivity index (χ1) is 14.8. The predicted octanol–water partition coefficient (Wildman–Crippen LogP) is 2.96. The van der Waals surface area contributed by atoms with E-state index < -0.39 is 0 Å². The first-order valence-electron chi connectivity index (χ1n) is 10.0. The summed E-state index contributed by atoms with van der Waals surface area (Å²) in [6.07, 6.45) is 9.33. The molecule has 0 saturated heterocycles. The lowest BCUT2D eigenvalue weighted by molar-refractivity contribution is 0.615. The van der Waals surface area contributed by atoms with Gasteiger partial charge in [0.15, 0.2) is 0 Å². The molecule has 1 aromatic heterocycles. The van der Waals surface area contributed by atoms with Gasteiger partial charge in [-0.15, -0.1) is 0 Å². The van der Waals surface area contributed by atoms with Crippen molar-refractivity contribution in [3.63, 3.8) is 0 Å². The molecule has 1 N–H and O–H groups in total. The average Bonchev–Trinajstić information content (AvgIpc) is 3.02. The Morgan fingerprint density at radius 1 is 0.833 bits per heavy atom. The average molecular weight is 387 g/mol. The van der Waals surface area contributed by atoms with Gasteiger partial charge in [0, 0.05) is 11.3 Å². The molecule has 4 heteroatoms. The highest BCUT2D eigenvalue weighted by atomic mass is 16.2. The minimum atomic E-state index is 0.747. The molecule has 0 unspecified atom stereocenters. The second-order valence-corrected chi connectivity index (χ2v) is 7.25. The molecule has 0 amide bonds. The van der Waals surface area contributed by atoms with Crippen molar-refractivity contribution in [1.29, 1.82) is 0 Å². The van der Waals surface area contributed by atoms with Crippen LogP contribution in [0.2, 0.25) is 0 Å². The summed E-state index contributed by atoms with van der Waals surface area (Å²) >= 11 is 0. The first-order valence-corrected chi connectivity index (χ1v) is 10.0. The Morgan fingerprint density at radius 2 is 1.57 bits per heavy atom. The van der Waals surface area contributed by atoms with E-state index >= 15 is 0 Å². The van der Waals surface area contributed by atoms with Gasteiger partial charge in [-0.2, -0.15) is 0 Å². The number of fused-ring (bicyclic) bond motifs is 1. The maximum atomic E-state index is 9.79. The van der Waals surface area contributed by atoms with Crippen molar-refractivity contribution in [2.75, 3.05) is 0 Å². The second-order valence-electron chi connectivity index (χ2n) is 7.25. The fraction of sp³-hybridized carbons (Fsp3) is 0.0385. The topological polar surface area (TPSA) is 38.1 Å². The van der Waals surface area contributed by atoms with Gasteiger partial charge in [0.1, 0.15) is 5.82 Å². The van der Waals surface area contributed by atoms with Gasteiger partial charge < -0.3 is 5.02 Å². The standard InChI is InChI=1S/C26H20BN2O/c30-27-22-17-20(19-10-4-1-5-11-19)16-21(18-22)26-28-24-14-8-3-9-15-25(24)29(26)23-12-6-2-7-13-23/h1-7,9-18,30H,8H2. The zero-order valence-corrected chi connectivity index (χ0v) is 16.4. The molecule has 0 saturated carbocycles. The summed E-state index contributed by atoms with van der Waals surface area (Å²) in [7, 11) is 1.15. The van der Waals surface area contributed by atoms with Crippen molar-refractivity contribution in [3.05, 3.63) is 102 Å². The van der Waals surface area contributed by atoms with E-state index in [1.54, 1.807) is 0 Å².